The van der Waals surface area contributed by atoms with Gasteiger partial charge < -0.3 is 9.47 Å². The average molecular weight is 278 g/mol. The lowest BCUT2D eigenvalue weighted by atomic mass is 9.99. The molecule has 0 aliphatic rings. The minimum Gasteiger partial charge on any atom is -0.497 e. The first-order valence-electron chi connectivity index (χ1n) is 5.92. The predicted octanol–water partition coefficient (Wildman–Crippen LogP) is 2.63. The molecule has 0 amide bonds. The number of ether oxygens (including phenoxy) is 2. The number of benzene rings is 1. The van der Waals surface area contributed by atoms with Crippen molar-refractivity contribution in [2.75, 3.05) is 14.2 Å². The highest BCUT2D eigenvalue weighted by molar-refractivity contribution is 7.10. The van der Waals surface area contributed by atoms with Crippen molar-refractivity contribution in [2.45, 2.75) is 13.0 Å². The van der Waals surface area contributed by atoms with Crippen molar-refractivity contribution in [1.29, 1.82) is 0 Å². The Kier molecular flexibility index (Phi) is 4.42. The molecule has 0 fully saturated rings. The normalized spacial score (nSPS) is 12.2. The zero-order valence-corrected chi connectivity index (χ0v) is 12.1. The number of nitrogens with one attached hydrogen (secondary N) is 1. The summed E-state index contributed by atoms with van der Waals surface area (Å²) in [6.07, 6.45) is 0. The molecule has 102 valence electrons. The molecule has 0 radical (unpaired) electrons. The number of rotatable bonds is 5. The second kappa shape index (κ2) is 6.06. The lowest BCUT2D eigenvalue weighted by molar-refractivity contribution is 0.392. The first-order valence-corrected chi connectivity index (χ1v) is 6.80. The molecular weight excluding hydrogens is 260 g/mol. The molecule has 0 saturated carbocycles. The van der Waals surface area contributed by atoms with E-state index in [9.17, 15) is 0 Å². The van der Waals surface area contributed by atoms with Crippen LogP contribution in [0.5, 0.6) is 11.5 Å². The molecule has 0 aliphatic carbocycles. The van der Waals surface area contributed by atoms with E-state index in [1.165, 1.54) is 10.4 Å². The van der Waals surface area contributed by atoms with Gasteiger partial charge in [0.15, 0.2) is 0 Å². The fourth-order valence-corrected chi connectivity index (χ4v) is 2.80. The van der Waals surface area contributed by atoms with Crippen LogP contribution in [0.4, 0.5) is 0 Å². The van der Waals surface area contributed by atoms with E-state index in [1.54, 1.807) is 25.6 Å². The third-order valence-electron chi connectivity index (χ3n) is 3.08. The van der Waals surface area contributed by atoms with Crippen LogP contribution in [-0.4, -0.2) is 14.2 Å². The summed E-state index contributed by atoms with van der Waals surface area (Å²) in [4.78, 5) is 1.24. The molecule has 5 heteroatoms. The average Bonchev–Trinajstić information content (AvgIpc) is 2.85. The molecule has 1 aromatic heterocycles. The summed E-state index contributed by atoms with van der Waals surface area (Å²) in [5.74, 6) is 7.23. The molecule has 0 spiro atoms. The van der Waals surface area contributed by atoms with Crippen molar-refractivity contribution < 1.29 is 9.47 Å². The first-order chi connectivity index (χ1) is 9.19. The van der Waals surface area contributed by atoms with E-state index in [4.69, 9.17) is 15.3 Å². The second-order valence-corrected chi connectivity index (χ2v) is 5.30. The molecule has 1 heterocycles. The van der Waals surface area contributed by atoms with Gasteiger partial charge in [0.1, 0.15) is 11.5 Å². The summed E-state index contributed by atoms with van der Waals surface area (Å²) in [6.45, 7) is 2.09. The van der Waals surface area contributed by atoms with Gasteiger partial charge in [0, 0.05) is 10.9 Å². The SMILES string of the molecule is COc1cc(OC)cc(C(NN)c2ccsc2C)c1. The topological polar surface area (TPSA) is 56.5 Å². The van der Waals surface area contributed by atoms with Crippen LogP contribution >= 0.6 is 11.3 Å². The van der Waals surface area contributed by atoms with Gasteiger partial charge in [-0.1, -0.05) is 0 Å². The minimum absolute atomic E-state index is 0.0738. The largest absolute Gasteiger partial charge is 0.497 e. The molecule has 1 aromatic carbocycles. The molecule has 3 N–H and O–H groups in total. The number of hydrogen-bond donors (Lipinski definition) is 2. The summed E-state index contributed by atoms with van der Waals surface area (Å²) in [5, 5.41) is 2.06. The van der Waals surface area contributed by atoms with Crippen LogP contribution in [0.25, 0.3) is 0 Å². The smallest absolute Gasteiger partial charge is 0.122 e. The fourth-order valence-electron chi connectivity index (χ4n) is 2.06. The van der Waals surface area contributed by atoms with Crippen molar-refractivity contribution in [2.24, 2.45) is 5.84 Å². The Labute approximate surface area is 117 Å². The lowest BCUT2D eigenvalue weighted by Gasteiger charge is -2.18. The van der Waals surface area contributed by atoms with Crippen LogP contribution in [0.3, 0.4) is 0 Å². The molecule has 2 rings (SSSR count). The summed E-state index contributed by atoms with van der Waals surface area (Å²) < 4.78 is 10.6. The molecule has 0 saturated heterocycles. The van der Waals surface area contributed by atoms with Gasteiger partial charge >= 0.3 is 0 Å². The van der Waals surface area contributed by atoms with Crippen LogP contribution in [0.1, 0.15) is 22.0 Å². The van der Waals surface area contributed by atoms with Crippen molar-refractivity contribution in [3.05, 3.63) is 45.6 Å². The molecule has 19 heavy (non-hydrogen) atoms. The van der Waals surface area contributed by atoms with E-state index in [1.807, 2.05) is 18.2 Å². The number of hydrogen-bond acceptors (Lipinski definition) is 5. The standard InChI is InChI=1S/C14H18N2O2S/c1-9-13(4-5-19-9)14(16-15)10-6-11(17-2)8-12(7-10)18-3/h4-8,14,16H,15H2,1-3H3. The first kappa shape index (κ1) is 13.9. The highest BCUT2D eigenvalue weighted by Gasteiger charge is 2.17. The van der Waals surface area contributed by atoms with Crippen molar-refractivity contribution in [3.63, 3.8) is 0 Å². The van der Waals surface area contributed by atoms with Crippen molar-refractivity contribution in [3.8, 4) is 11.5 Å². The van der Waals surface area contributed by atoms with Gasteiger partial charge in [-0.2, -0.15) is 0 Å². The Hall–Kier alpha value is -1.56. The van der Waals surface area contributed by atoms with Gasteiger partial charge in [0.05, 0.1) is 20.3 Å². The van der Waals surface area contributed by atoms with Crippen LogP contribution in [0.2, 0.25) is 0 Å². The maximum absolute atomic E-state index is 5.72. The van der Waals surface area contributed by atoms with Gasteiger partial charge in [0.2, 0.25) is 0 Å². The monoisotopic (exact) mass is 278 g/mol. The Morgan fingerprint density at radius 1 is 1.16 bits per heavy atom. The molecule has 1 atom stereocenters. The molecule has 4 nitrogen and oxygen atoms in total. The quantitative estimate of drug-likeness (QED) is 0.652. The number of methoxy groups -OCH3 is 2. The van der Waals surface area contributed by atoms with Gasteiger partial charge in [-0.05, 0) is 41.6 Å². The summed E-state index contributed by atoms with van der Waals surface area (Å²) in [7, 11) is 3.28. The van der Waals surface area contributed by atoms with Gasteiger partial charge in [-0.3, -0.25) is 5.84 Å². The van der Waals surface area contributed by atoms with Gasteiger partial charge in [-0.15, -0.1) is 11.3 Å². The van der Waals surface area contributed by atoms with E-state index in [-0.39, 0.29) is 6.04 Å². The van der Waals surface area contributed by atoms with E-state index in [2.05, 4.69) is 23.8 Å². The molecule has 2 aromatic rings. The number of nitrogens with two attached hydrogens (primary N) is 1. The predicted molar refractivity (Wildman–Crippen MR) is 77.8 cm³/mol. The maximum atomic E-state index is 5.72. The highest BCUT2D eigenvalue weighted by atomic mass is 32.1. The number of hydrazine groups is 1. The van der Waals surface area contributed by atoms with Gasteiger partial charge in [-0.25, -0.2) is 5.43 Å². The molecule has 0 bridgehead atoms. The summed E-state index contributed by atoms with van der Waals surface area (Å²) in [6, 6.07) is 7.78. The van der Waals surface area contributed by atoms with Crippen molar-refractivity contribution >= 4 is 11.3 Å². The van der Waals surface area contributed by atoms with Crippen LogP contribution < -0.4 is 20.7 Å². The fraction of sp³-hybridized carbons (Fsp3) is 0.286. The zero-order chi connectivity index (χ0) is 13.8. The van der Waals surface area contributed by atoms with Crippen LogP contribution in [0, 0.1) is 6.92 Å². The number of aryl methyl sites for hydroxylation is 1. The van der Waals surface area contributed by atoms with Crippen LogP contribution in [-0.2, 0) is 0 Å². The highest BCUT2D eigenvalue weighted by Crippen LogP contribution is 2.32. The zero-order valence-electron chi connectivity index (χ0n) is 11.3. The summed E-state index contributed by atoms with van der Waals surface area (Å²) in [5.41, 5.74) is 5.04. The third kappa shape index (κ3) is 2.89. The lowest BCUT2D eigenvalue weighted by Crippen LogP contribution is -2.29. The van der Waals surface area contributed by atoms with Gasteiger partial charge in [0.25, 0.3) is 0 Å². The second-order valence-electron chi connectivity index (χ2n) is 4.18. The van der Waals surface area contributed by atoms with E-state index < -0.39 is 0 Å². The number of thiophene rings is 1. The Bertz CT molecular complexity index is 532. The molecular formula is C14H18N2O2S. The molecule has 0 aliphatic heterocycles. The maximum Gasteiger partial charge on any atom is 0.122 e. The van der Waals surface area contributed by atoms with E-state index >= 15 is 0 Å². The Morgan fingerprint density at radius 3 is 2.21 bits per heavy atom. The Balaban J connectivity index is 2.46. The summed E-state index contributed by atoms with van der Waals surface area (Å²) >= 11 is 1.70. The Morgan fingerprint density at radius 2 is 1.79 bits per heavy atom. The third-order valence-corrected chi connectivity index (χ3v) is 3.95. The van der Waals surface area contributed by atoms with E-state index in [0.717, 1.165) is 17.1 Å². The van der Waals surface area contributed by atoms with Crippen LogP contribution in [0.15, 0.2) is 29.6 Å². The van der Waals surface area contributed by atoms with Crippen molar-refractivity contribution in [1.82, 2.24) is 5.43 Å². The minimum atomic E-state index is -0.0738. The van der Waals surface area contributed by atoms with E-state index in [0.29, 0.717) is 0 Å². The molecule has 1 unspecified atom stereocenters.